The molecule has 1 unspecified atom stereocenters. The molecule has 1 aromatic rings. The number of benzene rings is 1. The van der Waals surface area contributed by atoms with E-state index >= 15 is 0 Å². The molecule has 4 heteroatoms. The molecule has 0 saturated heterocycles. The van der Waals surface area contributed by atoms with Crippen LogP contribution in [0.25, 0.3) is 0 Å². The molecular formula is C11H15ClN2O. The molecule has 15 heavy (non-hydrogen) atoms. The molecule has 82 valence electrons. The predicted molar refractivity (Wildman–Crippen MR) is 63.3 cm³/mol. The summed E-state index contributed by atoms with van der Waals surface area (Å²) in [6, 6.07) is 5.29. The number of anilines is 1. The molecular weight excluding hydrogens is 212 g/mol. The summed E-state index contributed by atoms with van der Waals surface area (Å²) < 4.78 is 0. The highest BCUT2D eigenvalue weighted by Crippen LogP contribution is 2.22. The highest BCUT2D eigenvalue weighted by Gasteiger charge is 2.11. The number of carbonyl (C=O) groups is 1. The lowest BCUT2D eigenvalue weighted by Gasteiger charge is -2.12. The number of halogens is 1. The molecule has 2 N–H and O–H groups in total. The van der Waals surface area contributed by atoms with Gasteiger partial charge in [-0.05, 0) is 38.6 Å². The first-order valence-electron chi connectivity index (χ1n) is 4.79. The number of amides is 1. The Morgan fingerprint density at radius 3 is 2.73 bits per heavy atom. The fraction of sp³-hybridized carbons (Fsp3) is 0.364. The van der Waals surface area contributed by atoms with Gasteiger partial charge in [0, 0.05) is 0 Å². The van der Waals surface area contributed by atoms with Crippen LogP contribution in [0.15, 0.2) is 18.2 Å². The Kier molecular flexibility index (Phi) is 4.12. The van der Waals surface area contributed by atoms with Crippen LogP contribution in [0.4, 0.5) is 5.69 Å². The van der Waals surface area contributed by atoms with Crippen LogP contribution in [-0.4, -0.2) is 19.0 Å². The molecule has 0 radical (unpaired) electrons. The van der Waals surface area contributed by atoms with E-state index in [0.717, 1.165) is 5.56 Å². The first-order valence-corrected chi connectivity index (χ1v) is 5.16. The zero-order valence-corrected chi connectivity index (χ0v) is 9.85. The number of likely N-dealkylation sites (N-methyl/N-ethyl adjacent to an activating group) is 1. The van der Waals surface area contributed by atoms with Crippen LogP contribution < -0.4 is 10.6 Å². The summed E-state index contributed by atoms with van der Waals surface area (Å²) in [5, 5.41) is 6.19. The van der Waals surface area contributed by atoms with Crippen molar-refractivity contribution in [3.63, 3.8) is 0 Å². The van der Waals surface area contributed by atoms with Gasteiger partial charge in [0.05, 0.1) is 16.8 Å². The highest BCUT2D eigenvalue weighted by atomic mass is 35.5. The maximum absolute atomic E-state index is 11.6. The molecule has 0 fully saturated rings. The van der Waals surface area contributed by atoms with Crippen molar-refractivity contribution < 1.29 is 4.79 Å². The van der Waals surface area contributed by atoms with Gasteiger partial charge in [-0.25, -0.2) is 0 Å². The van der Waals surface area contributed by atoms with E-state index in [1.54, 1.807) is 20.0 Å². The topological polar surface area (TPSA) is 41.1 Å². The second-order valence-corrected chi connectivity index (χ2v) is 3.89. The minimum absolute atomic E-state index is 0.0926. The van der Waals surface area contributed by atoms with Crippen LogP contribution in [0.5, 0.6) is 0 Å². The molecule has 1 amide bonds. The van der Waals surface area contributed by atoms with E-state index in [0.29, 0.717) is 10.7 Å². The van der Waals surface area contributed by atoms with Crippen molar-refractivity contribution >= 4 is 23.2 Å². The Morgan fingerprint density at radius 1 is 1.47 bits per heavy atom. The van der Waals surface area contributed by atoms with Crippen molar-refractivity contribution in [2.24, 2.45) is 0 Å². The van der Waals surface area contributed by atoms with Crippen LogP contribution in [0.2, 0.25) is 5.02 Å². The summed E-state index contributed by atoms with van der Waals surface area (Å²) in [6.45, 7) is 3.74. The van der Waals surface area contributed by atoms with E-state index in [1.165, 1.54) is 0 Å². The lowest BCUT2D eigenvalue weighted by Crippen LogP contribution is -2.35. The third-order valence-corrected chi connectivity index (χ3v) is 2.54. The SMILES string of the molecule is CNC(C)C(=O)Nc1cc(C)ccc1Cl. The fourth-order valence-electron chi connectivity index (χ4n) is 1.11. The number of carbonyl (C=O) groups excluding carboxylic acids is 1. The summed E-state index contributed by atoms with van der Waals surface area (Å²) in [7, 11) is 1.74. The third kappa shape index (κ3) is 3.22. The summed E-state index contributed by atoms with van der Waals surface area (Å²) in [6.07, 6.45) is 0. The van der Waals surface area contributed by atoms with Crippen molar-refractivity contribution in [2.45, 2.75) is 19.9 Å². The predicted octanol–water partition coefficient (Wildman–Crippen LogP) is 2.19. The largest absolute Gasteiger partial charge is 0.323 e. The van der Waals surface area contributed by atoms with Gasteiger partial charge in [-0.3, -0.25) is 4.79 Å². The van der Waals surface area contributed by atoms with Crippen molar-refractivity contribution in [1.82, 2.24) is 5.32 Å². The fourth-order valence-corrected chi connectivity index (χ4v) is 1.27. The molecule has 0 bridgehead atoms. The average Bonchev–Trinajstić information content (AvgIpc) is 2.22. The van der Waals surface area contributed by atoms with Crippen LogP contribution >= 0.6 is 11.6 Å². The summed E-state index contributed by atoms with van der Waals surface area (Å²) in [4.78, 5) is 11.6. The number of aryl methyl sites for hydroxylation is 1. The average molecular weight is 227 g/mol. The minimum atomic E-state index is -0.235. The Balaban J connectivity index is 2.80. The molecule has 0 aliphatic heterocycles. The first-order chi connectivity index (χ1) is 7.04. The van der Waals surface area contributed by atoms with E-state index in [-0.39, 0.29) is 11.9 Å². The summed E-state index contributed by atoms with van der Waals surface area (Å²) >= 11 is 5.95. The number of rotatable bonds is 3. The molecule has 0 aliphatic rings. The quantitative estimate of drug-likeness (QED) is 0.830. The normalized spacial score (nSPS) is 12.3. The molecule has 0 spiro atoms. The van der Waals surface area contributed by atoms with E-state index in [2.05, 4.69) is 10.6 Å². The maximum Gasteiger partial charge on any atom is 0.241 e. The molecule has 1 aromatic carbocycles. The van der Waals surface area contributed by atoms with Crippen LogP contribution in [0.3, 0.4) is 0 Å². The van der Waals surface area contributed by atoms with Gasteiger partial charge in [-0.15, -0.1) is 0 Å². The lowest BCUT2D eigenvalue weighted by molar-refractivity contribution is -0.117. The second kappa shape index (κ2) is 5.14. The summed E-state index contributed by atoms with van der Waals surface area (Å²) in [5.74, 6) is -0.0926. The van der Waals surface area contributed by atoms with Crippen molar-refractivity contribution in [3.05, 3.63) is 28.8 Å². The van der Waals surface area contributed by atoms with Gasteiger partial charge >= 0.3 is 0 Å². The van der Waals surface area contributed by atoms with Gasteiger partial charge in [0.2, 0.25) is 5.91 Å². The molecule has 1 atom stereocenters. The van der Waals surface area contributed by atoms with Gasteiger partial charge < -0.3 is 10.6 Å². The molecule has 0 heterocycles. The van der Waals surface area contributed by atoms with Gasteiger partial charge in [-0.1, -0.05) is 17.7 Å². The van der Waals surface area contributed by atoms with Gasteiger partial charge in [0.15, 0.2) is 0 Å². The Bertz CT molecular complexity index is 366. The Hall–Kier alpha value is -1.06. The molecule has 0 aliphatic carbocycles. The number of nitrogens with one attached hydrogen (secondary N) is 2. The highest BCUT2D eigenvalue weighted by molar-refractivity contribution is 6.33. The summed E-state index contributed by atoms with van der Waals surface area (Å²) in [5.41, 5.74) is 1.72. The van der Waals surface area contributed by atoms with Crippen LogP contribution in [-0.2, 0) is 4.79 Å². The standard InChI is InChI=1S/C11H15ClN2O/c1-7-4-5-9(12)10(6-7)14-11(15)8(2)13-3/h4-6,8,13H,1-3H3,(H,14,15). The van der Waals surface area contributed by atoms with Gasteiger partial charge in [0.25, 0.3) is 0 Å². The van der Waals surface area contributed by atoms with Crippen LogP contribution in [0, 0.1) is 6.92 Å². The smallest absolute Gasteiger partial charge is 0.241 e. The monoisotopic (exact) mass is 226 g/mol. The van der Waals surface area contributed by atoms with Gasteiger partial charge in [0.1, 0.15) is 0 Å². The lowest BCUT2D eigenvalue weighted by atomic mass is 10.2. The van der Waals surface area contributed by atoms with E-state index in [1.807, 2.05) is 19.1 Å². The van der Waals surface area contributed by atoms with E-state index < -0.39 is 0 Å². The Morgan fingerprint density at radius 2 is 2.13 bits per heavy atom. The van der Waals surface area contributed by atoms with Crippen molar-refractivity contribution in [2.75, 3.05) is 12.4 Å². The van der Waals surface area contributed by atoms with Crippen molar-refractivity contribution in [3.8, 4) is 0 Å². The Labute approximate surface area is 94.8 Å². The number of hydrogen-bond acceptors (Lipinski definition) is 2. The zero-order valence-electron chi connectivity index (χ0n) is 9.10. The van der Waals surface area contributed by atoms with E-state index in [4.69, 9.17) is 11.6 Å². The molecule has 0 aromatic heterocycles. The van der Waals surface area contributed by atoms with Crippen LogP contribution in [0.1, 0.15) is 12.5 Å². The molecule has 1 rings (SSSR count). The zero-order chi connectivity index (χ0) is 11.4. The van der Waals surface area contributed by atoms with E-state index in [9.17, 15) is 4.79 Å². The first kappa shape index (κ1) is 12.0. The number of hydrogen-bond donors (Lipinski definition) is 2. The van der Waals surface area contributed by atoms with Gasteiger partial charge in [-0.2, -0.15) is 0 Å². The molecule has 0 saturated carbocycles. The minimum Gasteiger partial charge on any atom is -0.323 e. The third-order valence-electron chi connectivity index (χ3n) is 2.21. The van der Waals surface area contributed by atoms with Crippen molar-refractivity contribution in [1.29, 1.82) is 0 Å². The second-order valence-electron chi connectivity index (χ2n) is 3.48. The maximum atomic E-state index is 11.6. The molecule has 3 nitrogen and oxygen atoms in total.